The van der Waals surface area contributed by atoms with E-state index in [0.29, 0.717) is 16.6 Å². The lowest BCUT2D eigenvalue weighted by Crippen LogP contribution is -2.53. The van der Waals surface area contributed by atoms with Gasteiger partial charge in [0.15, 0.2) is 17.7 Å². The molecule has 3 aromatic rings. The molecule has 3 unspecified atom stereocenters. The molecule has 1 aliphatic heterocycles. The number of halogens is 3. The summed E-state index contributed by atoms with van der Waals surface area (Å²) in [4.78, 5) is 34.8. The minimum Gasteiger partial charge on any atom is -0.475 e. The molecule has 204 valence electrons. The van der Waals surface area contributed by atoms with Crippen LogP contribution >= 0.6 is 11.6 Å². The van der Waals surface area contributed by atoms with E-state index in [1.807, 2.05) is 0 Å². The van der Waals surface area contributed by atoms with Crippen molar-refractivity contribution in [2.45, 2.75) is 32.3 Å². The summed E-state index contributed by atoms with van der Waals surface area (Å²) in [5.74, 6) is -4.92. The molecule has 0 saturated carbocycles. The Morgan fingerprint density at radius 2 is 2.11 bits per heavy atom. The molecule has 0 bridgehead atoms. The number of aromatic nitrogens is 3. The van der Waals surface area contributed by atoms with E-state index in [9.17, 15) is 18.4 Å². The van der Waals surface area contributed by atoms with Crippen molar-refractivity contribution in [1.82, 2.24) is 14.5 Å². The first kappa shape index (κ1) is 27.5. The highest BCUT2D eigenvalue weighted by molar-refractivity contribution is 6.33. The van der Waals surface area contributed by atoms with Crippen molar-refractivity contribution in [3.63, 3.8) is 0 Å². The maximum atomic E-state index is 14.7. The second-order valence-corrected chi connectivity index (χ2v) is 9.93. The van der Waals surface area contributed by atoms with Gasteiger partial charge < -0.3 is 31.0 Å². The highest BCUT2D eigenvalue weighted by atomic mass is 35.5. The molecule has 3 atom stereocenters. The number of carbonyl (C=O) groups is 1. The van der Waals surface area contributed by atoms with Crippen LogP contribution in [-0.2, 0) is 11.8 Å². The van der Waals surface area contributed by atoms with E-state index in [4.69, 9.17) is 27.8 Å². The van der Waals surface area contributed by atoms with Crippen LogP contribution in [0.25, 0.3) is 10.9 Å². The number of fused-ring (bicyclic) bond motifs is 1. The standard InChI is InChI=1S/C25H30ClF2N7O3/c1-13-11-35(12-15(7-8-29)25(13,27)28)24-31-10-17(26)22(33-24)32-18-5-4-6-19-16(18)9-20(23(37)34(19)3)38-14(2)21(30)36/h4-6,9-10,13-15H,7-8,11-12,29H2,1-3H3,(H2,30,36)(H,31,32,33). The number of nitrogens with zero attached hydrogens (tertiary/aromatic N) is 4. The second kappa shape index (κ2) is 10.7. The van der Waals surface area contributed by atoms with Crippen LogP contribution in [0.1, 0.15) is 20.3 Å². The van der Waals surface area contributed by atoms with E-state index < -0.39 is 35.3 Å². The van der Waals surface area contributed by atoms with Crippen molar-refractivity contribution in [2.75, 3.05) is 29.9 Å². The maximum absolute atomic E-state index is 14.7. The quantitative estimate of drug-likeness (QED) is 0.389. The van der Waals surface area contributed by atoms with Crippen molar-refractivity contribution in [1.29, 1.82) is 0 Å². The minimum absolute atomic E-state index is 0.0517. The van der Waals surface area contributed by atoms with Crippen LogP contribution in [-0.4, -0.2) is 52.1 Å². The van der Waals surface area contributed by atoms with E-state index in [1.165, 1.54) is 30.7 Å². The van der Waals surface area contributed by atoms with Gasteiger partial charge in [0.1, 0.15) is 5.02 Å². The van der Waals surface area contributed by atoms with Gasteiger partial charge in [-0.25, -0.2) is 13.8 Å². The Balaban J connectivity index is 1.70. The molecule has 1 aliphatic rings. The third-order valence-electron chi connectivity index (χ3n) is 6.86. The number of hydrogen-bond acceptors (Lipinski definition) is 8. The fourth-order valence-corrected chi connectivity index (χ4v) is 4.74. The maximum Gasteiger partial charge on any atom is 0.293 e. The zero-order valence-corrected chi connectivity index (χ0v) is 22.0. The number of benzene rings is 1. The molecule has 10 nitrogen and oxygen atoms in total. The van der Waals surface area contributed by atoms with E-state index in [2.05, 4.69) is 15.3 Å². The second-order valence-electron chi connectivity index (χ2n) is 9.52. The van der Waals surface area contributed by atoms with Gasteiger partial charge in [-0.05, 0) is 38.1 Å². The van der Waals surface area contributed by atoms with Gasteiger partial charge in [0.05, 0.1) is 11.7 Å². The number of anilines is 3. The fourth-order valence-electron chi connectivity index (χ4n) is 4.60. The number of pyridine rings is 1. The predicted molar refractivity (Wildman–Crippen MR) is 142 cm³/mol. The summed E-state index contributed by atoms with van der Waals surface area (Å²) >= 11 is 6.41. The lowest BCUT2D eigenvalue weighted by atomic mass is 9.84. The van der Waals surface area contributed by atoms with Crippen molar-refractivity contribution in [3.05, 3.63) is 45.8 Å². The molecule has 5 N–H and O–H groups in total. The van der Waals surface area contributed by atoms with Crippen LogP contribution in [0.4, 0.5) is 26.2 Å². The van der Waals surface area contributed by atoms with Crippen molar-refractivity contribution < 1.29 is 18.3 Å². The van der Waals surface area contributed by atoms with Gasteiger partial charge in [0.25, 0.3) is 17.4 Å². The van der Waals surface area contributed by atoms with Crippen LogP contribution < -0.4 is 32.0 Å². The molecule has 1 saturated heterocycles. The molecule has 1 aromatic carbocycles. The highest BCUT2D eigenvalue weighted by Crippen LogP contribution is 2.40. The van der Waals surface area contributed by atoms with Crippen LogP contribution in [0, 0.1) is 11.8 Å². The molecule has 38 heavy (non-hydrogen) atoms. The van der Waals surface area contributed by atoms with Crippen LogP contribution in [0.15, 0.2) is 35.3 Å². The summed E-state index contributed by atoms with van der Waals surface area (Å²) in [5.41, 5.74) is 11.6. The molecule has 2 aromatic heterocycles. The lowest BCUT2D eigenvalue weighted by molar-refractivity contribution is -0.124. The number of amides is 1. The Morgan fingerprint density at radius 1 is 1.37 bits per heavy atom. The molecule has 0 spiro atoms. The summed E-state index contributed by atoms with van der Waals surface area (Å²) in [6, 6.07) is 6.77. The normalized spacial score (nSPS) is 19.8. The van der Waals surface area contributed by atoms with Crippen LogP contribution in [0.3, 0.4) is 0 Å². The molecule has 0 radical (unpaired) electrons. The van der Waals surface area contributed by atoms with Gasteiger partial charge in [-0.2, -0.15) is 4.98 Å². The average Bonchev–Trinajstić information content (AvgIpc) is 2.87. The number of rotatable bonds is 8. The number of carbonyl (C=O) groups excluding carboxylic acids is 1. The molecular weight excluding hydrogens is 520 g/mol. The number of piperidine rings is 1. The summed E-state index contributed by atoms with van der Waals surface area (Å²) in [5, 5.41) is 3.97. The molecule has 1 fully saturated rings. The molecule has 0 aliphatic carbocycles. The zero-order chi connectivity index (χ0) is 27.8. The molecular formula is C25H30ClF2N7O3. The number of ether oxygens (including phenoxy) is 1. The molecule has 4 rings (SSSR count). The Labute approximate surface area is 222 Å². The van der Waals surface area contributed by atoms with E-state index in [1.54, 1.807) is 30.1 Å². The van der Waals surface area contributed by atoms with Crippen molar-refractivity contribution >= 4 is 45.9 Å². The monoisotopic (exact) mass is 549 g/mol. The third-order valence-corrected chi connectivity index (χ3v) is 7.14. The van der Waals surface area contributed by atoms with Gasteiger partial charge in [0.2, 0.25) is 5.95 Å². The number of aryl methyl sites for hydroxylation is 1. The topological polar surface area (TPSA) is 141 Å². The first-order valence-corrected chi connectivity index (χ1v) is 12.5. The third kappa shape index (κ3) is 5.23. The first-order chi connectivity index (χ1) is 17.9. The lowest BCUT2D eigenvalue weighted by Gasteiger charge is -2.42. The van der Waals surface area contributed by atoms with Crippen molar-refractivity contribution in [3.8, 4) is 5.75 Å². The number of nitrogens with two attached hydrogens (primary N) is 2. The largest absolute Gasteiger partial charge is 0.475 e. The molecule has 1 amide bonds. The minimum atomic E-state index is -2.84. The van der Waals surface area contributed by atoms with E-state index in [-0.39, 0.29) is 48.6 Å². The fraction of sp³-hybridized carbons (Fsp3) is 0.440. The number of nitrogens with one attached hydrogen (secondary N) is 1. The Bertz CT molecular complexity index is 1420. The Kier molecular flexibility index (Phi) is 7.75. The Hall–Kier alpha value is -3.51. The van der Waals surface area contributed by atoms with Crippen LogP contribution in [0.2, 0.25) is 5.02 Å². The average molecular weight is 550 g/mol. The number of alkyl halides is 2. The van der Waals surface area contributed by atoms with E-state index >= 15 is 0 Å². The Morgan fingerprint density at radius 3 is 2.79 bits per heavy atom. The van der Waals surface area contributed by atoms with Gasteiger partial charge in [0, 0.05) is 43.0 Å². The molecule has 13 heteroatoms. The highest BCUT2D eigenvalue weighted by Gasteiger charge is 2.49. The smallest absolute Gasteiger partial charge is 0.293 e. The number of hydrogen-bond donors (Lipinski definition) is 3. The zero-order valence-electron chi connectivity index (χ0n) is 21.2. The summed E-state index contributed by atoms with van der Waals surface area (Å²) < 4.78 is 36.3. The molecule has 3 heterocycles. The first-order valence-electron chi connectivity index (χ1n) is 12.1. The van der Waals surface area contributed by atoms with Crippen LogP contribution in [0.5, 0.6) is 5.75 Å². The number of primary amides is 1. The summed E-state index contributed by atoms with van der Waals surface area (Å²) in [7, 11) is 1.58. The predicted octanol–water partition coefficient (Wildman–Crippen LogP) is 3.03. The van der Waals surface area contributed by atoms with E-state index in [0.717, 1.165) is 0 Å². The van der Waals surface area contributed by atoms with Gasteiger partial charge in [-0.15, -0.1) is 0 Å². The summed E-state index contributed by atoms with van der Waals surface area (Å²) in [6.45, 7) is 3.25. The van der Waals surface area contributed by atoms with Gasteiger partial charge in [-0.3, -0.25) is 9.59 Å². The van der Waals surface area contributed by atoms with Gasteiger partial charge in [-0.1, -0.05) is 24.6 Å². The SMILES string of the molecule is CC(Oc1cc2c(Nc3nc(N4CC(C)C(F)(F)C(CCN)C4)ncc3Cl)cccc2n(C)c1=O)C(N)=O. The van der Waals surface area contributed by atoms with Gasteiger partial charge >= 0.3 is 0 Å². The summed E-state index contributed by atoms with van der Waals surface area (Å²) in [6.07, 6.45) is 0.576. The van der Waals surface area contributed by atoms with Crippen molar-refractivity contribution in [2.24, 2.45) is 30.4 Å².